The number of benzene rings is 2. The molecule has 1 aliphatic heterocycles. The maximum absolute atomic E-state index is 12.7. The van der Waals surface area contributed by atoms with Crippen LogP contribution in [0.3, 0.4) is 0 Å². The number of likely N-dealkylation sites (tertiary alicyclic amines) is 1. The van der Waals surface area contributed by atoms with E-state index >= 15 is 0 Å². The summed E-state index contributed by atoms with van der Waals surface area (Å²) in [5.74, 6) is -0.173. The van der Waals surface area contributed by atoms with E-state index in [1.807, 2.05) is 42.5 Å². The van der Waals surface area contributed by atoms with Crippen LogP contribution in [0.4, 0.5) is 0 Å². The standard InChI is InChI=1S/C19H19BrN2O2/c20-16-9-4-8-15(12-16)19(24)22-11-5-10-17(22)18(23)21-13-14-6-2-1-3-7-14/h1-4,6-9,12,17H,5,10-11,13H2,(H,21,23)/t17-/m0/s1. The summed E-state index contributed by atoms with van der Waals surface area (Å²) in [7, 11) is 0. The summed E-state index contributed by atoms with van der Waals surface area (Å²) in [4.78, 5) is 26.9. The minimum atomic E-state index is -0.389. The lowest BCUT2D eigenvalue weighted by atomic mass is 10.1. The smallest absolute Gasteiger partial charge is 0.254 e. The van der Waals surface area contributed by atoms with Crippen LogP contribution in [0.2, 0.25) is 0 Å². The molecule has 1 aliphatic rings. The van der Waals surface area contributed by atoms with Crippen LogP contribution in [0, 0.1) is 0 Å². The molecule has 1 atom stereocenters. The monoisotopic (exact) mass is 386 g/mol. The van der Waals surface area contributed by atoms with Crippen molar-refractivity contribution in [3.8, 4) is 0 Å². The second-order valence-electron chi connectivity index (χ2n) is 5.87. The molecule has 3 rings (SSSR count). The van der Waals surface area contributed by atoms with Gasteiger partial charge in [0, 0.05) is 23.1 Å². The van der Waals surface area contributed by atoms with E-state index in [-0.39, 0.29) is 17.9 Å². The molecule has 0 saturated carbocycles. The highest BCUT2D eigenvalue weighted by atomic mass is 79.9. The first-order valence-corrected chi connectivity index (χ1v) is 8.82. The molecule has 1 heterocycles. The summed E-state index contributed by atoms with van der Waals surface area (Å²) < 4.78 is 0.859. The van der Waals surface area contributed by atoms with Crippen molar-refractivity contribution in [3.05, 3.63) is 70.2 Å². The fourth-order valence-corrected chi connectivity index (χ4v) is 3.37. The quantitative estimate of drug-likeness (QED) is 0.875. The predicted octanol–water partition coefficient (Wildman–Crippen LogP) is 3.37. The highest BCUT2D eigenvalue weighted by Crippen LogP contribution is 2.22. The number of amides is 2. The zero-order valence-electron chi connectivity index (χ0n) is 13.2. The van der Waals surface area contributed by atoms with Crippen LogP contribution in [0.1, 0.15) is 28.8 Å². The molecule has 0 spiro atoms. The van der Waals surface area contributed by atoms with Crippen molar-refractivity contribution in [2.24, 2.45) is 0 Å². The van der Waals surface area contributed by atoms with Gasteiger partial charge in [0.25, 0.3) is 5.91 Å². The molecule has 2 amide bonds. The Morgan fingerprint density at radius 3 is 2.67 bits per heavy atom. The summed E-state index contributed by atoms with van der Waals surface area (Å²) in [5.41, 5.74) is 1.65. The number of halogens is 1. The van der Waals surface area contributed by atoms with Crippen LogP contribution in [-0.2, 0) is 11.3 Å². The molecule has 4 nitrogen and oxygen atoms in total. The molecule has 0 aromatic heterocycles. The minimum Gasteiger partial charge on any atom is -0.350 e. The highest BCUT2D eigenvalue weighted by Gasteiger charge is 2.34. The molecular formula is C19H19BrN2O2. The number of hydrogen-bond acceptors (Lipinski definition) is 2. The zero-order chi connectivity index (χ0) is 16.9. The molecule has 124 valence electrons. The first-order valence-electron chi connectivity index (χ1n) is 8.03. The van der Waals surface area contributed by atoms with Gasteiger partial charge in [-0.1, -0.05) is 52.3 Å². The summed E-state index contributed by atoms with van der Waals surface area (Å²) in [6.07, 6.45) is 1.56. The number of rotatable bonds is 4. The molecule has 1 fully saturated rings. The Morgan fingerprint density at radius 2 is 1.92 bits per heavy atom. The van der Waals surface area contributed by atoms with Gasteiger partial charge >= 0.3 is 0 Å². The third kappa shape index (κ3) is 3.85. The topological polar surface area (TPSA) is 49.4 Å². The van der Waals surface area contributed by atoms with E-state index in [1.165, 1.54) is 0 Å². The normalized spacial score (nSPS) is 16.9. The summed E-state index contributed by atoms with van der Waals surface area (Å²) >= 11 is 3.38. The van der Waals surface area contributed by atoms with Gasteiger partial charge in [-0.25, -0.2) is 0 Å². The Balaban J connectivity index is 1.66. The van der Waals surface area contributed by atoms with Gasteiger partial charge in [0.2, 0.25) is 5.91 Å². The number of carbonyl (C=O) groups is 2. The predicted molar refractivity (Wildman–Crippen MR) is 96.5 cm³/mol. The molecule has 2 aromatic carbocycles. The lowest BCUT2D eigenvalue weighted by molar-refractivity contribution is -0.125. The molecule has 0 radical (unpaired) electrons. The Morgan fingerprint density at radius 1 is 1.12 bits per heavy atom. The fraction of sp³-hybridized carbons (Fsp3) is 0.263. The molecule has 0 aliphatic carbocycles. The van der Waals surface area contributed by atoms with Crippen LogP contribution in [0.25, 0.3) is 0 Å². The lowest BCUT2D eigenvalue weighted by Gasteiger charge is -2.24. The van der Waals surface area contributed by atoms with Crippen molar-refractivity contribution in [1.29, 1.82) is 0 Å². The number of carbonyl (C=O) groups excluding carboxylic acids is 2. The van der Waals surface area contributed by atoms with Gasteiger partial charge < -0.3 is 10.2 Å². The van der Waals surface area contributed by atoms with Crippen molar-refractivity contribution in [2.75, 3.05) is 6.54 Å². The minimum absolute atomic E-state index is 0.0836. The first kappa shape index (κ1) is 16.7. The number of nitrogens with one attached hydrogen (secondary N) is 1. The van der Waals surface area contributed by atoms with Crippen LogP contribution in [-0.4, -0.2) is 29.3 Å². The molecule has 0 unspecified atom stereocenters. The van der Waals surface area contributed by atoms with E-state index in [0.29, 0.717) is 25.1 Å². The summed E-state index contributed by atoms with van der Waals surface area (Å²) in [6, 6.07) is 16.7. The maximum atomic E-state index is 12.7. The van der Waals surface area contributed by atoms with Crippen molar-refractivity contribution in [2.45, 2.75) is 25.4 Å². The average Bonchev–Trinajstić information content (AvgIpc) is 3.09. The number of nitrogens with zero attached hydrogens (tertiary/aromatic N) is 1. The van der Waals surface area contributed by atoms with Crippen LogP contribution in [0.5, 0.6) is 0 Å². The highest BCUT2D eigenvalue weighted by molar-refractivity contribution is 9.10. The van der Waals surface area contributed by atoms with Gasteiger partial charge in [0.1, 0.15) is 6.04 Å². The van der Waals surface area contributed by atoms with E-state index in [2.05, 4.69) is 21.2 Å². The third-order valence-electron chi connectivity index (χ3n) is 4.20. The van der Waals surface area contributed by atoms with Crippen molar-refractivity contribution in [3.63, 3.8) is 0 Å². The van der Waals surface area contributed by atoms with Gasteiger partial charge in [0.05, 0.1) is 0 Å². The Kier molecular flexibility index (Phi) is 5.30. The van der Waals surface area contributed by atoms with Gasteiger partial charge in [0.15, 0.2) is 0 Å². The van der Waals surface area contributed by atoms with Crippen LogP contribution < -0.4 is 5.32 Å². The molecular weight excluding hydrogens is 368 g/mol. The summed E-state index contributed by atoms with van der Waals surface area (Å²) in [5, 5.41) is 2.95. The molecule has 5 heteroatoms. The molecule has 24 heavy (non-hydrogen) atoms. The van der Waals surface area contributed by atoms with Gasteiger partial charge in [-0.3, -0.25) is 9.59 Å². The Hall–Kier alpha value is -2.14. The maximum Gasteiger partial charge on any atom is 0.254 e. The van der Waals surface area contributed by atoms with Crippen molar-refractivity contribution >= 4 is 27.7 Å². The number of hydrogen-bond donors (Lipinski definition) is 1. The van der Waals surface area contributed by atoms with E-state index < -0.39 is 0 Å². The average molecular weight is 387 g/mol. The fourth-order valence-electron chi connectivity index (χ4n) is 2.97. The molecule has 0 bridgehead atoms. The summed E-state index contributed by atoms with van der Waals surface area (Å²) in [6.45, 7) is 1.10. The molecule has 2 aromatic rings. The van der Waals surface area contributed by atoms with E-state index in [9.17, 15) is 9.59 Å². The van der Waals surface area contributed by atoms with Crippen molar-refractivity contribution < 1.29 is 9.59 Å². The van der Waals surface area contributed by atoms with Crippen LogP contribution >= 0.6 is 15.9 Å². The van der Waals surface area contributed by atoms with Gasteiger partial charge in [-0.15, -0.1) is 0 Å². The second-order valence-corrected chi connectivity index (χ2v) is 6.79. The van der Waals surface area contributed by atoms with E-state index in [1.54, 1.807) is 17.0 Å². The second kappa shape index (κ2) is 7.62. The van der Waals surface area contributed by atoms with Gasteiger partial charge in [-0.05, 0) is 36.6 Å². The third-order valence-corrected chi connectivity index (χ3v) is 4.69. The molecule has 1 N–H and O–H groups in total. The SMILES string of the molecule is O=C(NCc1ccccc1)[C@@H]1CCCN1C(=O)c1cccc(Br)c1. The largest absolute Gasteiger partial charge is 0.350 e. The van der Waals surface area contributed by atoms with Crippen LogP contribution in [0.15, 0.2) is 59.1 Å². The van der Waals surface area contributed by atoms with Gasteiger partial charge in [-0.2, -0.15) is 0 Å². The Labute approximate surface area is 150 Å². The van der Waals surface area contributed by atoms with E-state index in [4.69, 9.17) is 0 Å². The van der Waals surface area contributed by atoms with E-state index in [0.717, 1.165) is 16.5 Å². The Bertz CT molecular complexity index is 733. The van der Waals surface area contributed by atoms with Crippen molar-refractivity contribution in [1.82, 2.24) is 10.2 Å². The molecule has 1 saturated heterocycles. The lowest BCUT2D eigenvalue weighted by Crippen LogP contribution is -2.45. The zero-order valence-corrected chi connectivity index (χ0v) is 14.8. The first-order chi connectivity index (χ1) is 11.6.